The van der Waals surface area contributed by atoms with E-state index in [4.69, 9.17) is 22.1 Å². The number of hydrogen-bond acceptors (Lipinski definition) is 4. The van der Waals surface area contributed by atoms with Crippen LogP contribution in [0.4, 0.5) is 0 Å². The number of ether oxygens (including phenoxy) is 1. The van der Waals surface area contributed by atoms with Crippen molar-refractivity contribution in [2.45, 2.75) is 20.0 Å². The molecule has 0 unspecified atom stereocenters. The fraction of sp³-hybridized carbons (Fsp3) is 0.286. The van der Waals surface area contributed by atoms with Gasteiger partial charge in [0.05, 0.1) is 17.8 Å². The second-order valence-corrected chi connectivity index (χ2v) is 4.64. The van der Waals surface area contributed by atoms with Crippen LogP contribution in [-0.2, 0) is 13.1 Å². The first-order valence-corrected chi connectivity index (χ1v) is 6.63. The minimum Gasteiger partial charge on any atom is -0.495 e. The van der Waals surface area contributed by atoms with Crippen molar-refractivity contribution in [3.63, 3.8) is 0 Å². The van der Waals surface area contributed by atoms with Crippen LogP contribution in [0.2, 0.25) is 5.02 Å². The van der Waals surface area contributed by atoms with Gasteiger partial charge in [-0.05, 0) is 31.2 Å². The van der Waals surface area contributed by atoms with Gasteiger partial charge in [0, 0.05) is 24.2 Å². The number of halogens is 1. The van der Waals surface area contributed by atoms with Crippen molar-refractivity contribution in [1.82, 2.24) is 9.78 Å². The van der Waals surface area contributed by atoms with Gasteiger partial charge in [-0.1, -0.05) is 11.6 Å². The Morgan fingerprint density at radius 1 is 1.40 bits per heavy atom. The van der Waals surface area contributed by atoms with Crippen LogP contribution in [0.15, 0.2) is 29.1 Å². The second kappa shape index (κ2) is 6.07. The maximum Gasteiger partial charge on any atom is 0.271 e. The fourth-order valence-corrected chi connectivity index (χ4v) is 2.18. The normalized spacial score (nSPS) is 10.6. The zero-order chi connectivity index (χ0) is 14.7. The Kier molecular flexibility index (Phi) is 4.42. The van der Waals surface area contributed by atoms with Gasteiger partial charge in [0.15, 0.2) is 0 Å². The molecular weight excluding hydrogens is 278 g/mol. The molecule has 0 fully saturated rings. The van der Waals surface area contributed by atoms with Crippen molar-refractivity contribution in [3.05, 3.63) is 45.2 Å². The summed E-state index contributed by atoms with van der Waals surface area (Å²) < 4.78 is 6.52. The van der Waals surface area contributed by atoms with Gasteiger partial charge in [-0.25, -0.2) is 4.68 Å². The first kappa shape index (κ1) is 14.6. The summed E-state index contributed by atoms with van der Waals surface area (Å²) in [7, 11) is 1.56. The number of nitrogens with two attached hydrogens (primary N) is 1. The lowest BCUT2D eigenvalue weighted by Crippen LogP contribution is -2.27. The minimum absolute atomic E-state index is 0.154. The molecule has 1 aromatic carbocycles. The van der Waals surface area contributed by atoms with Crippen LogP contribution in [-0.4, -0.2) is 16.9 Å². The third-order valence-corrected chi connectivity index (χ3v) is 3.31. The number of nitrogens with zero attached hydrogens (tertiary/aromatic N) is 2. The maximum atomic E-state index is 12.0. The number of hydrogen-bond donors (Lipinski definition) is 1. The second-order valence-electron chi connectivity index (χ2n) is 4.23. The third kappa shape index (κ3) is 2.69. The van der Waals surface area contributed by atoms with Crippen molar-refractivity contribution in [3.8, 4) is 17.0 Å². The first-order valence-electron chi connectivity index (χ1n) is 6.25. The highest BCUT2D eigenvalue weighted by atomic mass is 35.5. The lowest BCUT2D eigenvalue weighted by Gasteiger charge is -2.09. The summed E-state index contributed by atoms with van der Waals surface area (Å²) in [4.78, 5) is 12.0. The molecular formula is C14H16ClN3O2. The van der Waals surface area contributed by atoms with Gasteiger partial charge in [0.2, 0.25) is 0 Å². The zero-order valence-corrected chi connectivity index (χ0v) is 12.1. The molecule has 0 aliphatic carbocycles. The predicted octanol–water partition coefficient (Wildman–Crippen LogP) is 2.05. The molecule has 1 aromatic heterocycles. The molecule has 5 nitrogen and oxygen atoms in total. The Balaban J connectivity index is 2.57. The van der Waals surface area contributed by atoms with Crippen molar-refractivity contribution >= 4 is 11.6 Å². The molecule has 0 aliphatic rings. The Bertz CT molecular complexity index is 654. The van der Waals surface area contributed by atoms with Crippen LogP contribution < -0.4 is 16.0 Å². The van der Waals surface area contributed by atoms with E-state index in [0.29, 0.717) is 28.6 Å². The molecule has 1 heterocycles. The van der Waals surface area contributed by atoms with Gasteiger partial charge in [0.25, 0.3) is 5.56 Å². The summed E-state index contributed by atoms with van der Waals surface area (Å²) >= 11 is 6.11. The van der Waals surface area contributed by atoms with Crippen LogP contribution in [0.25, 0.3) is 11.3 Å². The van der Waals surface area contributed by atoms with Gasteiger partial charge in [-0.3, -0.25) is 4.79 Å². The number of rotatable bonds is 4. The quantitative estimate of drug-likeness (QED) is 0.936. The lowest BCUT2D eigenvalue weighted by molar-refractivity contribution is 0.415. The molecule has 0 aliphatic heterocycles. The van der Waals surface area contributed by atoms with E-state index in [2.05, 4.69) is 5.10 Å². The van der Waals surface area contributed by atoms with E-state index in [1.165, 1.54) is 4.68 Å². The standard InChI is InChI=1S/C14H16ClN3O2/c1-3-18-14(19)10(8-16)7-12(17-18)9-4-5-13(20-2)11(15)6-9/h4-7H,3,8,16H2,1-2H3. The van der Waals surface area contributed by atoms with Crippen molar-refractivity contribution in [1.29, 1.82) is 0 Å². The molecule has 2 aromatic rings. The molecule has 2 N–H and O–H groups in total. The molecule has 0 bridgehead atoms. The van der Waals surface area contributed by atoms with Crippen LogP contribution in [0.5, 0.6) is 5.75 Å². The van der Waals surface area contributed by atoms with Crippen LogP contribution >= 0.6 is 11.6 Å². The molecule has 20 heavy (non-hydrogen) atoms. The molecule has 0 atom stereocenters. The van der Waals surface area contributed by atoms with Crippen LogP contribution in [0.1, 0.15) is 12.5 Å². The average Bonchev–Trinajstić information content (AvgIpc) is 2.47. The van der Waals surface area contributed by atoms with Crippen molar-refractivity contribution in [2.24, 2.45) is 5.73 Å². The van der Waals surface area contributed by atoms with E-state index in [-0.39, 0.29) is 12.1 Å². The predicted molar refractivity (Wildman–Crippen MR) is 79.1 cm³/mol. The molecule has 0 saturated carbocycles. The highest BCUT2D eigenvalue weighted by molar-refractivity contribution is 6.32. The van der Waals surface area contributed by atoms with E-state index >= 15 is 0 Å². The van der Waals surface area contributed by atoms with Gasteiger partial charge in [-0.15, -0.1) is 0 Å². The monoisotopic (exact) mass is 293 g/mol. The topological polar surface area (TPSA) is 70.1 Å². The van der Waals surface area contributed by atoms with Crippen molar-refractivity contribution < 1.29 is 4.74 Å². The third-order valence-electron chi connectivity index (χ3n) is 3.02. The molecule has 6 heteroatoms. The summed E-state index contributed by atoms with van der Waals surface area (Å²) in [5.74, 6) is 0.596. The number of aromatic nitrogens is 2. The van der Waals surface area contributed by atoms with Crippen molar-refractivity contribution in [2.75, 3.05) is 7.11 Å². The van der Waals surface area contributed by atoms with Gasteiger partial charge >= 0.3 is 0 Å². The van der Waals surface area contributed by atoms with E-state index < -0.39 is 0 Å². The highest BCUT2D eigenvalue weighted by Crippen LogP contribution is 2.29. The lowest BCUT2D eigenvalue weighted by atomic mass is 10.1. The molecule has 0 amide bonds. The smallest absolute Gasteiger partial charge is 0.271 e. The minimum atomic E-state index is -0.154. The Morgan fingerprint density at radius 2 is 2.15 bits per heavy atom. The number of aryl methyl sites for hydroxylation is 1. The molecule has 106 valence electrons. The van der Waals surface area contributed by atoms with E-state index in [9.17, 15) is 4.79 Å². The summed E-state index contributed by atoms with van der Waals surface area (Å²) in [6.07, 6.45) is 0. The van der Waals surface area contributed by atoms with Gasteiger partial charge in [-0.2, -0.15) is 5.10 Å². The van der Waals surface area contributed by atoms with Gasteiger partial charge in [0.1, 0.15) is 5.75 Å². The average molecular weight is 294 g/mol. The number of benzene rings is 1. The molecule has 0 spiro atoms. The molecule has 2 rings (SSSR count). The summed E-state index contributed by atoms with van der Waals surface area (Å²) in [6, 6.07) is 7.07. The van der Waals surface area contributed by atoms with Gasteiger partial charge < -0.3 is 10.5 Å². The van der Waals surface area contributed by atoms with E-state index in [0.717, 1.165) is 5.56 Å². The SMILES string of the molecule is CCn1nc(-c2ccc(OC)c(Cl)c2)cc(CN)c1=O. The largest absolute Gasteiger partial charge is 0.495 e. The zero-order valence-electron chi connectivity index (χ0n) is 11.4. The van der Waals surface area contributed by atoms with Crippen LogP contribution in [0.3, 0.4) is 0 Å². The first-order chi connectivity index (χ1) is 9.60. The number of methoxy groups -OCH3 is 1. The fourth-order valence-electron chi connectivity index (χ4n) is 1.92. The Labute approximate surface area is 121 Å². The summed E-state index contributed by atoms with van der Waals surface area (Å²) in [5, 5.41) is 4.81. The summed E-state index contributed by atoms with van der Waals surface area (Å²) in [6.45, 7) is 2.53. The Morgan fingerprint density at radius 3 is 2.70 bits per heavy atom. The van der Waals surface area contributed by atoms with Crippen LogP contribution in [0, 0.1) is 0 Å². The van der Waals surface area contributed by atoms with E-state index in [1.807, 2.05) is 13.0 Å². The molecule has 0 radical (unpaired) electrons. The summed E-state index contributed by atoms with van der Waals surface area (Å²) in [5.41, 5.74) is 7.46. The Hall–Kier alpha value is -1.85. The molecule has 0 saturated heterocycles. The highest BCUT2D eigenvalue weighted by Gasteiger charge is 2.10. The maximum absolute atomic E-state index is 12.0. The van der Waals surface area contributed by atoms with E-state index in [1.54, 1.807) is 25.3 Å².